The lowest BCUT2D eigenvalue weighted by Crippen LogP contribution is -2.50. The molecule has 4 aromatic heterocycles. The molecule has 0 aliphatic carbocycles. The number of methoxy groups -OCH3 is 2. The van der Waals surface area contributed by atoms with Crippen molar-refractivity contribution in [3.05, 3.63) is 161 Å². The molecule has 10 rings (SSSR count). The first-order chi connectivity index (χ1) is 43.6. The quantitative estimate of drug-likeness (QED) is 0.0170. The van der Waals surface area contributed by atoms with E-state index >= 15 is 4.39 Å². The minimum Gasteiger partial charge on any atom is -0.497 e. The molecule has 2 aliphatic rings. The molecular weight excluding hydrogens is 1240 g/mol. The number of imidazole rings is 2. The average molecular weight is 1310 g/mol. The van der Waals surface area contributed by atoms with Gasteiger partial charge in [0.2, 0.25) is 11.9 Å². The van der Waals surface area contributed by atoms with Crippen molar-refractivity contribution < 1.29 is 69.6 Å². The number of anilines is 2. The Kier molecular flexibility index (Phi) is 20.7. The summed E-state index contributed by atoms with van der Waals surface area (Å²) in [7, 11) is -6.30. The SMILES string of the molecule is COc1ccc(C(OC[C@H]2O[C@@H](n3cnc4c(NC(=O)c5ccccc5)ncnc43)[C@H](F)[C@@H]2OP(OCCC#N)OC[C@H]2O[C@@H](n3cnc4c(=O)[nH]c(NC(=O)C(C)C)nc43)[C@H](O[PH](=O)O)[C@@H]2O[Si](C)(C)C(C)(C)C)(c2ccccc2)c2ccc(OC)cc2)cc1. The Morgan fingerprint density at radius 3 is 1.99 bits per heavy atom. The molecule has 0 saturated carbocycles. The van der Waals surface area contributed by atoms with Crippen LogP contribution >= 0.6 is 16.9 Å². The summed E-state index contributed by atoms with van der Waals surface area (Å²) in [6, 6.07) is 34.6. The van der Waals surface area contributed by atoms with Gasteiger partial charge in [-0.05, 0) is 71.2 Å². The van der Waals surface area contributed by atoms with Crippen LogP contribution in [-0.2, 0) is 51.7 Å². The van der Waals surface area contributed by atoms with Gasteiger partial charge in [0, 0.05) is 11.5 Å². The van der Waals surface area contributed by atoms with Crippen LogP contribution in [0, 0.1) is 17.2 Å². The maximum atomic E-state index is 18.4. The lowest BCUT2D eigenvalue weighted by atomic mass is 9.80. The lowest BCUT2D eigenvalue weighted by Gasteiger charge is -2.40. The molecule has 30 heteroatoms. The van der Waals surface area contributed by atoms with Gasteiger partial charge >= 0.3 is 16.9 Å². The Balaban J connectivity index is 1.04. The lowest BCUT2D eigenvalue weighted by molar-refractivity contribution is -0.118. The number of amides is 2. The first-order valence-electron chi connectivity index (χ1n) is 29.1. The van der Waals surface area contributed by atoms with Gasteiger partial charge in [-0.2, -0.15) is 10.2 Å². The van der Waals surface area contributed by atoms with Gasteiger partial charge < -0.3 is 51.9 Å². The van der Waals surface area contributed by atoms with Gasteiger partial charge in [-0.3, -0.25) is 42.9 Å². The molecule has 4 N–H and O–H groups in total. The van der Waals surface area contributed by atoms with Gasteiger partial charge in [0.1, 0.15) is 53.9 Å². The van der Waals surface area contributed by atoms with Gasteiger partial charge in [0.15, 0.2) is 55.1 Å². The number of fused-ring (bicyclic) bond motifs is 2. The molecule has 6 heterocycles. The highest BCUT2D eigenvalue weighted by molar-refractivity contribution is 7.41. The number of aromatic nitrogens is 8. The smallest absolute Gasteiger partial charge is 0.333 e. The van der Waals surface area contributed by atoms with E-state index in [1.165, 1.54) is 28.1 Å². The predicted octanol–water partition coefficient (Wildman–Crippen LogP) is 9.68. The number of nitrogens with zero attached hydrogens (tertiary/aromatic N) is 8. The number of hydrogen-bond donors (Lipinski definition) is 4. The number of nitrogens with one attached hydrogen (secondary N) is 3. The topological polar surface area (TPSA) is 319 Å². The van der Waals surface area contributed by atoms with Gasteiger partial charge in [-0.25, -0.2) is 24.3 Å². The fourth-order valence-electron chi connectivity index (χ4n) is 10.3. The number of carbonyl (C=O) groups is 2. The highest BCUT2D eigenvalue weighted by atomic mass is 31.2. The number of carbonyl (C=O) groups excluding carboxylic acids is 2. The van der Waals surface area contributed by atoms with Crippen molar-refractivity contribution in [2.45, 2.75) is 114 Å². The van der Waals surface area contributed by atoms with Gasteiger partial charge in [0.25, 0.3) is 11.5 Å². The number of hydrogen-bond acceptors (Lipinski definition) is 20. The number of ether oxygens (including phenoxy) is 5. The molecule has 0 bridgehead atoms. The Morgan fingerprint density at radius 1 is 0.791 bits per heavy atom. The summed E-state index contributed by atoms with van der Waals surface area (Å²) in [5.41, 5.74) is 0.197. The fraction of sp³-hybridized carbons (Fsp3) is 0.393. The maximum absolute atomic E-state index is 18.4. The van der Waals surface area contributed by atoms with Crippen molar-refractivity contribution in [1.29, 1.82) is 5.26 Å². The summed E-state index contributed by atoms with van der Waals surface area (Å²) < 4.78 is 98.4. The van der Waals surface area contributed by atoms with Crippen LogP contribution in [0.15, 0.2) is 133 Å². The van der Waals surface area contributed by atoms with E-state index < -0.39 is 115 Å². The Bertz CT molecular complexity index is 3910. The summed E-state index contributed by atoms with van der Waals surface area (Å²) in [6.45, 7) is 12.1. The van der Waals surface area contributed by atoms with E-state index in [1.807, 2.05) is 94.5 Å². The van der Waals surface area contributed by atoms with Crippen molar-refractivity contribution in [3.8, 4) is 17.6 Å². The molecule has 2 saturated heterocycles. The van der Waals surface area contributed by atoms with E-state index in [2.05, 4.69) is 40.5 Å². The van der Waals surface area contributed by atoms with Crippen molar-refractivity contribution in [2.24, 2.45) is 5.92 Å². The number of alkyl halides is 1. The molecule has 91 heavy (non-hydrogen) atoms. The van der Waals surface area contributed by atoms with Crippen LogP contribution in [0.25, 0.3) is 22.3 Å². The number of benzene rings is 4. The molecule has 480 valence electrons. The molecule has 2 fully saturated rings. The Morgan fingerprint density at radius 2 is 1.38 bits per heavy atom. The van der Waals surface area contributed by atoms with Gasteiger partial charge in [-0.15, -0.1) is 0 Å². The van der Waals surface area contributed by atoms with Gasteiger partial charge in [0.05, 0.1) is 59.2 Å². The molecule has 0 spiro atoms. The summed E-state index contributed by atoms with van der Waals surface area (Å²) in [4.78, 5) is 74.9. The first kappa shape index (κ1) is 66.2. The van der Waals surface area contributed by atoms with E-state index in [1.54, 1.807) is 82.7 Å². The third kappa shape index (κ3) is 14.3. The summed E-state index contributed by atoms with van der Waals surface area (Å²) in [5.74, 6) is -0.382. The maximum Gasteiger partial charge on any atom is 0.333 e. The minimum atomic E-state index is -3.79. The summed E-state index contributed by atoms with van der Waals surface area (Å²) in [6.07, 6.45) is -8.17. The minimum absolute atomic E-state index is 0.0468. The van der Waals surface area contributed by atoms with E-state index in [9.17, 15) is 29.1 Å². The molecule has 26 nitrogen and oxygen atoms in total. The number of halogens is 1. The van der Waals surface area contributed by atoms with Crippen LogP contribution in [0.5, 0.6) is 11.5 Å². The van der Waals surface area contributed by atoms with Crippen LogP contribution in [0.1, 0.15) is 80.5 Å². The monoisotopic (exact) mass is 1310 g/mol. The number of rotatable bonds is 26. The molecule has 8 aromatic rings. The number of nitriles is 1. The van der Waals surface area contributed by atoms with E-state index in [0.29, 0.717) is 33.8 Å². The zero-order chi connectivity index (χ0) is 64.8. The van der Waals surface area contributed by atoms with Crippen LogP contribution in [0.4, 0.5) is 16.2 Å². The zero-order valence-electron chi connectivity index (χ0n) is 51.2. The second-order valence-corrected chi connectivity index (χ2v) is 29.9. The van der Waals surface area contributed by atoms with Crippen molar-refractivity contribution >= 4 is 71.1 Å². The highest BCUT2D eigenvalue weighted by Crippen LogP contribution is 2.51. The van der Waals surface area contributed by atoms with Crippen LogP contribution in [0.3, 0.4) is 0 Å². The average Bonchev–Trinajstić information content (AvgIpc) is 1.77. The fourth-order valence-corrected chi connectivity index (χ4v) is 13.2. The number of H-pyrrole nitrogens is 1. The highest BCUT2D eigenvalue weighted by Gasteiger charge is 2.55. The zero-order valence-corrected chi connectivity index (χ0v) is 54.1. The van der Waals surface area contributed by atoms with Gasteiger partial charge in [-0.1, -0.05) is 107 Å². The molecule has 2 amide bonds. The van der Waals surface area contributed by atoms with Crippen LogP contribution in [0.2, 0.25) is 18.1 Å². The standard InChI is InChI=1S/C61H70FN11O15P2Si/c1-36(2)54(74)70-59-69-53-47(56(76)71-59)67-35-73(53)58-50(86-89(77)78)49(88-91(8,9)60(3,4)5)44(85-58)32-83-90(82-30-16-29-63)87-48-43(84-57(45(48)62)72-34-66-46-51(64-33-65-52(46)72)68-55(75)37-17-12-10-13-18-37)31-81-61(38-19-14-11-15-20-38,39-21-25-41(79-6)26-22-39)40-23-27-42(80-7)28-24-40/h10-15,17-28,33-36,43-45,48-50,57-58,89H,16,30-32H2,1-9H3,(H,77,78)(H,64,65,68,75)(H2,69,70,71,74,76)/t43-,44-,45-,48-,49-,50-,57-,58-,90?/m1/s1. The summed E-state index contributed by atoms with van der Waals surface area (Å²) in [5, 5.41) is 14.7. The van der Waals surface area contributed by atoms with Crippen molar-refractivity contribution in [2.75, 3.05) is 44.7 Å². The van der Waals surface area contributed by atoms with E-state index in [-0.39, 0.29) is 53.7 Å². The molecule has 4 aromatic carbocycles. The molecular formula is C61H70FN11O15P2Si. The van der Waals surface area contributed by atoms with Crippen LogP contribution in [-0.4, -0.2) is 135 Å². The third-order valence-electron chi connectivity index (χ3n) is 16.0. The Hall–Kier alpha value is -7.74. The first-order valence-corrected chi connectivity index (χ1v) is 34.3. The predicted molar refractivity (Wildman–Crippen MR) is 334 cm³/mol. The second kappa shape index (κ2) is 28.4. The normalized spacial score (nSPS) is 21.0. The molecule has 0 radical (unpaired) electrons. The van der Waals surface area contributed by atoms with Crippen LogP contribution < -0.4 is 25.7 Å². The molecule has 10 atom stereocenters. The summed E-state index contributed by atoms with van der Waals surface area (Å²) >= 11 is 0. The van der Waals surface area contributed by atoms with E-state index in [0.717, 1.165) is 0 Å². The number of aromatic amines is 1. The molecule has 2 aliphatic heterocycles. The largest absolute Gasteiger partial charge is 0.497 e. The Labute approximate surface area is 525 Å². The van der Waals surface area contributed by atoms with E-state index in [4.69, 9.17) is 46.2 Å². The van der Waals surface area contributed by atoms with Crippen molar-refractivity contribution in [1.82, 2.24) is 39.0 Å². The third-order valence-corrected chi connectivity index (χ3v) is 22.1. The van der Waals surface area contributed by atoms with Crippen molar-refractivity contribution in [3.63, 3.8) is 0 Å². The second-order valence-electron chi connectivity index (χ2n) is 23.2. The molecule has 2 unspecified atom stereocenters.